The lowest BCUT2D eigenvalue weighted by atomic mass is 10.1. The Kier molecular flexibility index (Phi) is 6.68. The molecule has 1 heterocycles. The summed E-state index contributed by atoms with van der Waals surface area (Å²) in [5, 5.41) is 14.0. The van der Waals surface area contributed by atoms with Crippen molar-refractivity contribution < 1.29 is 22.7 Å². The van der Waals surface area contributed by atoms with Gasteiger partial charge in [-0.1, -0.05) is 12.1 Å². The van der Waals surface area contributed by atoms with Crippen LogP contribution in [0.15, 0.2) is 68.7 Å². The van der Waals surface area contributed by atoms with Crippen LogP contribution in [0, 0.1) is 0 Å². The lowest BCUT2D eigenvalue weighted by Gasteiger charge is -2.13. The van der Waals surface area contributed by atoms with Crippen LogP contribution in [0.2, 0.25) is 0 Å². The number of ether oxygens (including phenoxy) is 1. The van der Waals surface area contributed by atoms with E-state index in [9.17, 15) is 18.3 Å². The van der Waals surface area contributed by atoms with Crippen molar-refractivity contribution in [3.8, 4) is 5.75 Å². The van der Waals surface area contributed by atoms with Gasteiger partial charge < -0.3 is 19.6 Å². The monoisotopic (exact) mass is 417 g/mol. The maximum Gasteiger partial charge on any atom is 0.336 e. The standard InChI is InChI=1S/C21H23NO6S/c1-29(25,26)19-7-2-15(3-8-19)10-11-22-13-17(23)14-27-18-6-4-16-5-9-21(24)28-20(16)12-18/h2-9,12,17,22-23H,10-11,13-14H2,1H3/t17-/m0/s1. The Morgan fingerprint density at radius 2 is 1.83 bits per heavy atom. The lowest BCUT2D eigenvalue weighted by Crippen LogP contribution is -2.32. The molecule has 7 nitrogen and oxygen atoms in total. The number of hydrogen-bond acceptors (Lipinski definition) is 7. The van der Waals surface area contributed by atoms with Crippen LogP contribution in [-0.2, 0) is 16.3 Å². The first-order chi connectivity index (χ1) is 13.8. The average molecular weight is 417 g/mol. The Bertz CT molecular complexity index is 1120. The fourth-order valence-electron chi connectivity index (χ4n) is 2.79. The Hall–Kier alpha value is -2.68. The molecule has 0 radical (unpaired) electrons. The van der Waals surface area contributed by atoms with Crippen LogP contribution in [0.25, 0.3) is 11.0 Å². The predicted molar refractivity (Wildman–Crippen MR) is 110 cm³/mol. The third kappa shape index (κ3) is 6.15. The molecular formula is C21H23NO6S. The number of fused-ring (bicyclic) bond motifs is 1. The number of benzene rings is 2. The smallest absolute Gasteiger partial charge is 0.336 e. The Labute approximate surface area is 168 Å². The second kappa shape index (κ2) is 9.21. The third-order valence-electron chi connectivity index (χ3n) is 4.36. The van der Waals surface area contributed by atoms with Crippen molar-refractivity contribution in [2.45, 2.75) is 17.4 Å². The van der Waals surface area contributed by atoms with E-state index in [4.69, 9.17) is 9.15 Å². The van der Waals surface area contributed by atoms with Gasteiger partial charge in [-0.05, 0) is 48.9 Å². The van der Waals surface area contributed by atoms with Crippen molar-refractivity contribution in [2.75, 3.05) is 26.0 Å². The lowest BCUT2D eigenvalue weighted by molar-refractivity contribution is 0.106. The molecule has 2 N–H and O–H groups in total. The van der Waals surface area contributed by atoms with Crippen molar-refractivity contribution in [3.05, 3.63) is 70.6 Å². The van der Waals surface area contributed by atoms with Gasteiger partial charge in [0.15, 0.2) is 9.84 Å². The van der Waals surface area contributed by atoms with Crippen molar-refractivity contribution in [1.82, 2.24) is 5.32 Å². The van der Waals surface area contributed by atoms with Crippen molar-refractivity contribution in [1.29, 1.82) is 0 Å². The van der Waals surface area contributed by atoms with Crippen LogP contribution < -0.4 is 15.7 Å². The molecule has 2 aromatic carbocycles. The molecule has 3 rings (SSSR count). The van der Waals surface area contributed by atoms with Crippen LogP contribution >= 0.6 is 0 Å². The van der Waals surface area contributed by atoms with Gasteiger partial charge in [-0.15, -0.1) is 0 Å². The maximum absolute atomic E-state index is 11.5. The molecule has 0 bridgehead atoms. The molecule has 8 heteroatoms. The predicted octanol–water partition coefficient (Wildman–Crippen LogP) is 1.77. The largest absolute Gasteiger partial charge is 0.491 e. The molecule has 29 heavy (non-hydrogen) atoms. The Morgan fingerprint density at radius 1 is 1.10 bits per heavy atom. The van der Waals surface area contributed by atoms with Gasteiger partial charge in [0.1, 0.15) is 24.0 Å². The molecule has 0 aliphatic carbocycles. The summed E-state index contributed by atoms with van der Waals surface area (Å²) in [6.07, 6.45) is 1.18. The summed E-state index contributed by atoms with van der Waals surface area (Å²) in [5.41, 5.74) is 1.02. The number of nitrogens with one attached hydrogen (secondary N) is 1. The van der Waals surface area contributed by atoms with Crippen LogP contribution in [0.4, 0.5) is 0 Å². The highest BCUT2D eigenvalue weighted by Crippen LogP contribution is 2.19. The van der Waals surface area contributed by atoms with Crippen LogP contribution in [0.3, 0.4) is 0 Å². The Morgan fingerprint density at radius 3 is 2.55 bits per heavy atom. The minimum absolute atomic E-state index is 0.0959. The number of sulfone groups is 1. The van der Waals surface area contributed by atoms with Crippen molar-refractivity contribution in [2.24, 2.45) is 0 Å². The summed E-state index contributed by atoms with van der Waals surface area (Å²) in [5.74, 6) is 0.511. The third-order valence-corrected chi connectivity index (χ3v) is 5.49. The molecule has 0 saturated carbocycles. The topological polar surface area (TPSA) is 106 Å². The van der Waals surface area contributed by atoms with Crippen LogP contribution in [-0.4, -0.2) is 45.6 Å². The highest BCUT2D eigenvalue weighted by atomic mass is 32.2. The zero-order chi connectivity index (χ0) is 20.9. The average Bonchev–Trinajstić information content (AvgIpc) is 2.69. The van der Waals surface area contributed by atoms with Gasteiger partial charge in [0.05, 0.1) is 4.90 Å². The minimum atomic E-state index is -3.18. The molecule has 0 aliphatic rings. The van der Waals surface area contributed by atoms with E-state index in [0.29, 0.717) is 35.7 Å². The van der Waals surface area contributed by atoms with E-state index in [1.54, 1.807) is 48.5 Å². The summed E-state index contributed by atoms with van der Waals surface area (Å²) >= 11 is 0. The van der Waals surface area contributed by atoms with Gasteiger partial charge in [-0.25, -0.2) is 13.2 Å². The zero-order valence-electron chi connectivity index (χ0n) is 16.0. The molecule has 0 saturated heterocycles. The van der Waals surface area contributed by atoms with E-state index < -0.39 is 21.6 Å². The second-order valence-electron chi connectivity index (χ2n) is 6.79. The van der Waals surface area contributed by atoms with Gasteiger partial charge in [-0.3, -0.25) is 0 Å². The molecule has 154 valence electrons. The first-order valence-electron chi connectivity index (χ1n) is 9.16. The van der Waals surface area contributed by atoms with E-state index >= 15 is 0 Å². The van der Waals surface area contributed by atoms with E-state index in [1.165, 1.54) is 12.3 Å². The van der Waals surface area contributed by atoms with Crippen LogP contribution in [0.5, 0.6) is 5.75 Å². The SMILES string of the molecule is CS(=O)(=O)c1ccc(CCNC[C@H](O)COc2ccc3ccc(=O)oc3c2)cc1. The molecule has 0 unspecified atom stereocenters. The van der Waals surface area contributed by atoms with Gasteiger partial charge in [0.2, 0.25) is 0 Å². The fraction of sp³-hybridized carbons (Fsp3) is 0.286. The number of aliphatic hydroxyl groups excluding tert-OH is 1. The maximum atomic E-state index is 11.5. The van der Waals surface area contributed by atoms with E-state index in [1.807, 2.05) is 0 Å². The highest BCUT2D eigenvalue weighted by Gasteiger charge is 2.08. The normalized spacial score (nSPS) is 12.8. The zero-order valence-corrected chi connectivity index (χ0v) is 16.8. The quantitative estimate of drug-likeness (QED) is 0.404. The van der Waals surface area contributed by atoms with Crippen LogP contribution in [0.1, 0.15) is 5.56 Å². The molecule has 0 amide bonds. The first-order valence-corrected chi connectivity index (χ1v) is 11.0. The molecule has 0 spiro atoms. The number of rotatable bonds is 9. The molecular weight excluding hydrogens is 394 g/mol. The van der Waals surface area contributed by atoms with E-state index in [0.717, 1.165) is 10.9 Å². The molecule has 0 aliphatic heterocycles. The summed E-state index contributed by atoms with van der Waals surface area (Å²) in [4.78, 5) is 11.6. The second-order valence-corrected chi connectivity index (χ2v) is 8.80. The summed E-state index contributed by atoms with van der Waals surface area (Å²) in [6, 6.07) is 15.0. The first kappa shape index (κ1) is 21.0. The van der Waals surface area contributed by atoms with Gasteiger partial charge in [0.25, 0.3) is 0 Å². The highest BCUT2D eigenvalue weighted by molar-refractivity contribution is 7.90. The summed E-state index contributed by atoms with van der Waals surface area (Å²) in [6.45, 7) is 1.08. The molecule has 1 atom stereocenters. The number of aliphatic hydroxyl groups is 1. The van der Waals surface area contributed by atoms with E-state index in [-0.39, 0.29) is 6.61 Å². The van der Waals surface area contributed by atoms with Gasteiger partial charge >= 0.3 is 5.63 Å². The van der Waals surface area contributed by atoms with E-state index in [2.05, 4.69) is 5.32 Å². The van der Waals surface area contributed by atoms with Gasteiger partial charge in [-0.2, -0.15) is 0 Å². The Balaban J connectivity index is 1.41. The fourth-order valence-corrected chi connectivity index (χ4v) is 3.42. The molecule has 3 aromatic rings. The minimum Gasteiger partial charge on any atom is -0.491 e. The molecule has 0 fully saturated rings. The molecule has 1 aromatic heterocycles. The summed E-state index contributed by atoms with van der Waals surface area (Å²) in [7, 11) is -3.18. The van der Waals surface area contributed by atoms with Crippen molar-refractivity contribution in [3.63, 3.8) is 0 Å². The van der Waals surface area contributed by atoms with Crippen molar-refractivity contribution >= 4 is 20.8 Å². The summed E-state index contributed by atoms with van der Waals surface area (Å²) < 4.78 is 33.6. The number of hydrogen-bond donors (Lipinski definition) is 2. The van der Waals surface area contributed by atoms with Gasteiger partial charge in [0, 0.05) is 30.3 Å².